The highest BCUT2D eigenvalue weighted by molar-refractivity contribution is 4.93. The van der Waals surface area contributed by atoms with Crippen LogP contribution in [0.25, 0.3) is 0 Å². The first kappa shape index (κ1) is 12.2. The van der Waals surface area contributed by atoms with E-state index in [9.17, 15) is 0 Å². The molecule has 0 nitrogen and oxygen atoms in total. The molecule has 0 aliphatic heterocycles. The van der Waals surface area contributed by atoms with E-state index in [0.29, 0.717) is 0 Å². The highest BCUT2D eigenvalue weighted by atomic mass is 13.8. The van der Waals surface area contributed by atoms with Gasteiger partial charge in [0.25, 0.3) is 0 Å². The molecule has 0 saturated carbocycles. The Morgan fingerprint density at radius 2 is 1.46 bits per heavy atom. The van der Waals surface area contributed by atoms with Crippen molar-refractivity contribution in [3.8, 4) is 0 Å². The van der Waals surface area contributed by atoms with Gasteiger partial charge in [0.1, 0.15) is 0 Å². The third-order valence-electron chi connectivity index (χ3n) is 1.67. The van der Waals surface area contributed by atoms with Crippen molar-refractivity contribution in [1.82, 2.24) is 0 Å². The van der Waals surface area contributed by atoms with Gasteiger partial charge in [-0.15, -0.1) is 0 Å². The van der Waals surface area contributed by atoms with Crippen molar-refractivity contribution in [2.45, 2.75) is 39.0 Å². The Kier molecular flexibility index (Phi) is 10.5. The van der Waals surface area contributed by atoms with Gasteiger partial charge < -0.3 is 0 Å². The van der Waals surface area contributed by atoms with Crippen LogP contribution in [-0.2, 0) is 0 Å². The quantitative estimate of drug-likeness (QED) is 0.398. The van der Waals surface area contributed by atoms with Gasteiger partial charge in [-0.1, -0.05) is 43.4 Å². The van der Waals surface area contributed by atoms with E-state index in [4.69, 9.17) is 0 Å². The van der Waals surface area contributed by atoms with E-state index >= 15 is 0 Å². The summed E-state index contributed by atoms with van der Waals surface area (Å²) in [6.07, 6.45) is 18.6. The van der Waals surface area contributed by atoms with Crippen LogP contribution < -0.4 is 0 Å². The molecule has 0 unspecified atom stereocenters. The largest absolute Gasteiger partial charge is 0.0885 e. The maximum atomic E-state index is 3.74. The lowest BCUT2D eigenvalue weighted by molar-refractivity contribution is 1.04. The van der Waals surface area contributed by atoms with Gasteiger partial charge in [-0.05, 0) is 39.0 Å². The highest BCUT2D eigenvalue weighted by Gasteiger charge is 1.75. The molecule has 0 atom stereocenters. The fourth-order valence-electron chi connectivity index (χ4n) is 0.984. The minimum Gasteiger partial charge on any atom is -0.0885 e. The van der Waals surface area contributed by atoms with Crippen molar-refractivity contribution in [2.75, 3.05) is 0 Å². The first-order valence-corrected chi connectivity index (χ1v) is 5.16. The standard InChI is InChI=1S/C13H21/c1-3-5-7-9-11-13-12-10-8-6-4-2/h5-8,12-13H,1,3-4,9-11H2,2H3/b7-5+,8-6+,13-12+. The van der Waals surface area contributed by atoms with Gasteiger partial charge in [0, 0.05) is 0 Å². The summed E-state index contributed by atoms with van der Waals surface area (Å²) in [5.74, 6) is 0. The second-order valence-electron chi connectivity index (χ2n) is 2.92. The highest BCUT2D eigenvalue weighted by Crippen LogP contribution is 1.96. The van der Waals surface area contributed by atoms with Crippen LogP contribution in [0.4, 0.5) is 0 Å². The first-order valence-electron chi connectivity index (χ1n) is 5.16. The van der Waals surface area contributed by atoms with Gasteiger partial charge in [0.15, 0.2) is 0 Å². The van der Waals surface area contributed by atoms with E-state index in [1.54, 1.807) is 0 Å². The summed E-state index contributed by atoms with van der Waals surface area (Å²) in [5, 5.41) is 0. The molecule has 0 aromatic rings. The van der Waals surface area contributed by atoms with Crippen LogP contribution in [0.2, 0.25) is 0 Å². The monoisotopic (exact) mass is 177 g/mol. The van der Waals surface area contributed by atoms with E-state index in [-0.39, 0.29) is 0 Å². The Balaban J connectivity index is 3.21. The Morgan fingerprint density at radius 1 is 0.846 bits per heavy atom. The van der Waals surface area contributed by atoms with Crippen LogP contribution >= 0.6 is 0 Å². The SMILES string of the molecule is [CH2]C/C=C/CC/C=C/C/C=C/CC. The fraction of sp³-hybridized carbons (Fsp3) is 0.462. The van der Waals surface area contributed by atoms with Gasteiger partial charge in [-0.25, -0.2) is 0 Å². The lowest BCUT2D eigenvalue weighted by atomic mass is 10.2. The molecule has 73 valence electrons. The molecule has 0 heteroatoms. The summed E-state index contributed by atoms with van der Waals surface area (Å²) in [5.41, 5.74) is 0. The van der Waals surface area contributed by atoms with Crippen LogP contribution in [0.3, 0.4) is 0 Å². The molecule has 0 amide bonds. The molecule has 13 heavy (non-hydrogen) atoms. The minimum absolute atomic E-state index is 0.906. The van der Waals surface area contributed by atoms with Crippen molar-refractivity contribution in [2.24, 2.45) is 0 Å². The molecule has 0 saturated heterocycles. The summed E-state index contributed by atoms with van der Waals surface area (Å²) in [6.45, 7) is 5.90. The molecule has 0 heterocycles. The van der Waals surface area contributed by atoms with Gasteiger partial charge in [0.05, 0.1) is 0 Å². The fourth-order valence-corrected chi connectivity index (χ4v) is 0.984. The third-order valence-corrected chi connectivity index (χ3v) is 1.67. The van der Waals surface area contributed by atoms with Gasteiger partial charge in [-0.3, -0.25) is 0 Å². The van der Waals surface area contributed by atoms with Crippen molar-refractivity contribution < 1.29 is 0 Å². The number of hydrogen-bond donors (Lipinski definition) is 0. The Morgan fingerprint density at radius 3 is 2.08 bits per heavy atom. The Labute approximate surface area is 83.0 Å². The van der Waals surface area contributed by atoms with E-state index in [2.05, 4.69) is 50.3 Å². The zero-order valence-electron chi connectivity index (χ0n) is 8.71. The van der Waals surface area contributed by atoms with Crippen molar-refractivity contribution in [3.05, 3.63) is 43.4 Å². The molecule has 0 aliphatic rings. The normalized spacial score (nSPS) is 12.5. The molecule has 0 N–H and O–H groups in total. The molecule has 0 bridgehead atoms. The second-order valence-corrected chi connectivity index (χ2v) is 2.92. The zero-order valence-corrected chi connectivity index (χ0v) is 8.71. The Bertz CT molecular complexity index is 161. The predicted octanol–water partition coefficient (Wildman–Crippen LogP) is 4.46. The maximum absolute atomic E-state index is 3.74. The number of allylic oxidation sites excluding steroid dienone is 6. The topological polar surface area (TPSA) is 0 Å². The lowest BCUT2D eigenvalue weighted by Crippen LogP contribution is -1.65. The average molecular weight is 177 g/mol. The van der Waals surface area contributed by atoms with Crippen molar-refractivity contribution >= 4 is 0 Å². The Hall–Kier alpha value is -0.780. The summed E-state index contributed by atoms with van der Waals surface area (Å²) in [6, 6.07) is 0. The molecule has 0 aromatic carbocycles. The number of unbranched alkanes of at least 4 members (excludes halogenated alkanes) is 1. The summed E-state index contributed by atoms with van der Waals surface area (Å²) >= 11 is 0. The second kappa shape index (κ2) is 11.2. The summed E-state index contributed by atoms with van der Waals surface area (Å²) < 4.78 is 0. The van der Waals surface area contributed by atoms with Crippen LogP contribution in [0.1, 0.15) is 39.0 Å². The number of hydrogen-bond acceptors (Lipinski definition) is 0. The molecule has 0 aromatic heterocycles. The van der Waals surface area contributed by atoms with E-state index in [0.717, 1.165) is 32.1 Å². The molecular weight excluding hydrogens is 156 g/mol. The van der Waals surface area contributed by atoms with E-state index in [1.807, 2.05) is 0 Å². The van der Waals surface area contributed by atoms with Gasteiger partial charge in [-0.2, -0.15) is 0 Å². The lowest BCUT2D eigenvalue weighted by Gasteiger charge is -1.86. The number of rotatable bonds is 7. The van der Waals surface area contributed by atoms with E-state index < -0.39 is 0 Å². The molecule has 0 rings (SSSR count). The minimum atomic E-state index is 0.906. The first-order chi connectivity index (χ1) is 6.41. The summed E-state index contributed by atoms with van der Waals surface area (Å²) in [7, 11) is 0. The predicted molar refractivity (Wildman–Crippen MR) is 61.5 cm³/mol. The summed E-state index contributed by atoms with van der Waals surface area (Å²) in [4.78, 5) is 0. The van der Waals surface area contributed by atoms with E-state index in [1.165, 1.54) is 0 Å². The van der Waals surface area contributed by atoms with Crippen molar-refractivity contribution in [3.63, 3.8) is 0 Å². The molecule has 1 radical (unpaired) electrons. The van der Waals surface area contributed by atoms with Crippen LogP contribution in [0.15, 0.2) is 36.5 Å². The smallest absolute Gasteiger partial charge is 0.0169 e. The third kappa shape index (κ3) is 11.2. The van der Waals surface area contributed by atoms with Crippen molar-refractivity contribution in [1.29, 1.82) is 0 Å². The maximum Gasteiger partial charge on any atom is -0.0169 e. The molecule has 0 fully saturated rings. The zero-order chi connectivity index (χ0) is 9.78. The van der Waals surface area contributed by atoms with Crippen LogP contribution in [0.5, 0.6) is 0 Å². The average Bonchev–Trinajstić information content (AvgIpc) is 2.16. The molecule has 0 spiro atoms. The van der Waals surface area contributed by atoms with Gasteiger partial charge >= 0.3 is 0 Å². The van der Waals surface area contributed by atoms with Crippen LogP contribution in [0, 0.1) is 6.92 Å². The van der Waals surface area contributed by atoms with Gasteiger partial charge in [0.2, 0.25) is 0 Å². The molecule has 0 aliphatic carbocycles. The molecular formula is C13H21. The van der Waals surface area contributed by atoms with Crippen LogP contribution in [-0.4, -0.2) is 0 Å².